The van der Waals surface area contributed by atoms with Gasteiger partial charge in [0.15, 0.2) is 0 Å². The summed E-state index contributed by atoms with van der Waals surface area (Å²) in [5.74, 6) is 0.582. The molecule has 0 saturated heterocycles. The standard InChI is InChI=1S/C13H28N2O2/c1-9(2)11(4)15-10(3)8-14-12(16)17-13(5,6)7/h9-11,15H,8H2,1-7H3,(H,14,16). The van der Waals surface area contributed by atoms with Crippen LogP contribution in [-0.2, 0) is 4.74 Å². The molecule has 2 unspecified atom stereocenters. The van der Waals surface area contributed by atoms with Crippen LogP contribution in [0.4, 0.5) is 4.79 Å². The van der Waals surface area contributed by atoms with Crippen LogP contribution in [0.3, 0.4) is 0 Å². The van der Waals surface area contributed by atoms with Gasteiger partial charge in [-0.15, -0.1) is 0 Å². The summed E-state index contributed by atoms with van der Waals surface area (Å²) in [6.45, 7) is 14.7. The van der Waals surface area contributed by atoms with Crippen molar-refractivity contribution in [3.05, 3.63) is 0 Å². The maximum atomic E-state index is 11.4. The first-order valence-corrected chi connectivity index (χ1v) is 6.34. The minimum absolute atomic E-state index is 0.236. The molecule has 0 spiro atoms. The lowest BCUT2D eigenvalue weighted by Gasteiger charge is -2.24. The van der Waals surface area contributed by atoms with Gasteiger partial charge in [0, 0.05) is 18.6 Å². The topological polar surface area (TPSA) is 50.4 Å². The fraction of sp³-hybridized carbons (Fsp3) is 0.923. The van der Waals surface area contributed by atoms with Gasteiger partial charge in [-0.1, -0.05) is 13.8 Å². The fourth-order valence-corrected chi connectivity index (χ4v) is 1.25. The minimum atomic E-state index is -0.439. The molecule has 4 nitrogen and oxygen atoms in total. The second-order valence-corrected chi connectivity index (χ2v) is 5.98. The van der Waals surface area contributed by atoms with E-state index in [1.807, 2.05) is 20.8 Å². The average Bonchev–Trinajstić information content (AvgIpc) is 2.11. The molecule has 0 aliphatic carbocycles. The molecule has 2 atom stereocenters. The Morgan fingerprint density at radius 3 is 2.12 bits per heavy atom. The first-order valence-electron chi connectivity index (χ1n) is 6.34. The summed E-state index contributed by atoms with van der Waals surface area (Å²) in [5.41, 5.74) is -0.439. The molecule has 0 aromatic rings. The second-order valence-electron chi connectivity index (χ2n) is 5.98. The molecule has 4 heteroatoms. The van der Waals surface area contributed by atoms with Gasteiger partial charge in [-0.3, -0.25) is 0 Å². The number of hydrogen-bond acceptors (Lipinski definition) is 3. The van der Waals surface area contributed by atoms with Crippen molar-refractivity contribution in [2.75, 3.05) is 6.54 Å². The zero-order valence-corrected chi connectivity index (χ0v) is 12.3. The zero-order valence-electron chi connectivity index (χ0n) is 12.3. The average molecular weight is 244 g/mol. The summed E-state index contributed by atoms with van der Waals surface area (Å²) in [4.78, 5) is 11.4. The second kappa shape index (κ2) is 6.84. The summed E-state index contributed by atoms with van der Waals surface area (Å²) in [5, 5.41) is 6.19. The van der Waals surface area contributed by atoms with Crippen LogP contribution in [0, 0.1) is 5.92 Å². The number of rotatable bonds is 5. The van der Waals surface area contributed by atoms with Crippen molar-refractivity contribution < 1.29 is 9.53 Å². The van der Waals surface area contributed by atoms with Crippen LogP contribution in [0.15, 0.2) is 0 Å². The Bertz CT molecular complexity index is 234. The Morgan fingerprint density at radius 1 is 1.18 bits per heavy atom. The van der Waals surface area contributed by atoms with E-state index in [0.29, 0.717) is 18.5 Å². The summed E-state index contributed by atoms with van der Waals surface area (Å²) in [7, 11) is 0. The van der Waals surface area contributed by atoms with E-state index in [2.05, 4.69) is 38.3 Å². The summed E-state index contributed by atoms with van der Waals surface area (Å²) in [6.07, 6.45) is -0.358. The maximum Gasteiger partial charge on any atom is 0.407 e. The number of amides is 1. The highest BCUT2D eigenvalue weighted by Crippen LogP contribution is 2.06. The van der Waals surface area contributed by atoms with E-state index in [-0.39, 0.29) is 12.1 Å². The third-order valence-corrected chi connectivity index (χ3v) is 2.50. The number of nitrogens with one attached hydrogen (secondary N) is 2. The van der Waals surface area contributed by atoms with E-state index >= 15 is 0 Å². The highest BCUT2D eigenvalue weighted by atomic mass is 16.6. The van der Waals surface area contributed by atoms with Gasteiger partial charge < -0.3 is 15.4 Å². The van der Waals surface area contributed by atoms with E-state index in [1.54, 1.807) is 0 Å². The van der Waals surface area contributed by atoms with Gasteiger partial charge in [0.25, 0.3) is 0 Å². The molecule has 0 aliphatic heterocycles. The van der Waals surface area contributed by atoms with E-state index in [4.69, 9.17) is 4.74 Å². The van der Waals surface area contributed by atoms with E-state index in [1.165, 1.54) is 0 Å². The first kappa shape index (κ1) is 16.2. The quantitative estimate of drug-likeness (QED) is 0.781. The van der Waals surface area contributed by atoms with Crippen molar-refractivity contribution in [1.82, 2.24) is 10.6 Å². The van der Waals surface area contributed by atoms with Crippen LogP contribution in [0.2, 0.25) is 0 Å². The predicted octanol–water partition coefficient (Wildman–Crippen LogP) is 2.53. The molecule has 0 aromatic carbocycles. The molecule has 0 saturated carbocycles. The van der Waals surface area contributed by atoms with Crippen molar-refractivity contribution in [3.63, 3.8) is 0 Å². The highest BCUT2D eigenvalue weighted by Gasteiger charge is 2.17. The van der Waals surface area contributed by atoms with Gasteiger partial charge in [-0.2, -0.15) is 0 Å². The molecule has 1 amide bonds. The molecular weight excluding hydrogens is 216 g/mol. The molecule has 0 radical (unpaired) electrons. The smallest absolute Gasteiger partial charge is 0.407 e. The summed E-state index contributed by atoms with van der Waals surface area (Å²) in [6, 6.07) is 0.672. The Morgan fingerprint density at radius 2 is 1.71 bits per heavy atom. The van der Waals surface area contributed by atoms with Gasteiger partial charge in [-0.05, 0) is 40.5 Å². The minimum Gasteiger partial charge on any atom is -0.444 e. The van der Waals surface area contributed by atoms with Gasteiger partial charge >= 0.3 is 6.09 Å². The molecule has 0 aromatic heterocycles. The largest absolute Gasteiger partial charge is 0.444 e. The van der Waals surface area contributed by atoms with Crippen LogP contribution >= 0.6 is 0 Å². The Hall–Kier alpha value is -0.770. The molecule has 17 heavy (non-hydrogen) atoms. The SMILES string of the molecule is CC(CNC(=O)OC(C)(C)C)NC(C)C(C)C. The molecule has 0 bridgehead atoms. The Kier molecular flexibility index (Phi) is 6.53. The molecule has 0 fully saturated rings. The van der Waals surface area contributed by atoms with Crippen molar-refractivity contribution in [2.45, 2.75) is 66.2 Å². The first-order chi connectivity index (χ1) is 7.61. The zero-order chi connectivity index (χ0) is 13.6. The van der Waals surface area contributed by atoms with Gasteiger partial charge in [0.2, 0.25) is 0 Å². The fourth-order valence-electron chi connectivity index (χ4n) is 1.25. The normalized spacial score (nSPS) is 15.5. The number of alkyl carbamates (subject to hydrolysis) is 1. The lowest BCUT2D eigenvalue weighted by Crippen LogP contribution is -2.45. The summed E-state index contributed by atoms with van der Waals surface area (Å²) < 4.78 is 5.16. The van der Waals surface area contributed by atoms with E-state index < -0.39 is 5.60 Å². The van der Waals surface area contributed by atoms with Crippen LogP contribution in [-0.4, -0.2) is 30.3 Å². The van der Waals surface area contributed by atoms with Crippen molar-refractivity contribution in [2.24, 2.45) is 5.92 Å². The third-order valence-electron chi connectivity index (χ3n) is 2.50. The number of ether oxygens (including phenoxy) is 1. The van der Waals surface area contributed by atoms with E-state index in [9.17, 15) is 4.79 Å². The number of hydrogen-bond donors (Lipinski definition) is 2. The van der Waals surface area contributed by atoms with Crippen LogP contribution in [0.25, 0.3) is 0 Å². The number of carbonyl (C=O) groups is 1. The van der Waals surface area contributed by atoms with Gasteiger partial charge in [-0.25, -0.2) is 4.79 Å². The lowest BCUT2D eigenvalue weighted by molar-refractivity contribution is 0.0522. The van der Waals surface area contributed by atoms with Crippen molar-refractivity contribution in [1.29, 1.82) is 0 Å². The lowest BCUT2D eigenvalue weighted by atomic mass is 10.1. The van der Waals surface area contributed by atoms with Gasteiger partial charge in [0.1, 0.15) is 5.60 Å². The van der Waals surface area contributed by atoms with Crippen LogP contribution in [0.1, 0.15) is 48.5 Å². The van der Waals surface area contributed by atoms with Gasteiger partial charge in [0.05, 0.1) is 0 Å². The van der Waals surface area contributed by atoms with E-state index in [0.717, 1.165) is 0 Å². The third kappa shape index (κ3) is 8.98. The summed E-state index contributed by atoms with van der Waals surface area (Å²) >= 11 is 0. The molecule has 2 N–H and O–H groups in total. The van der Waals surface area contributed by atoms with Crippen molar-refractivity contribution >= 4 is 6.09 Å². The number of carbonyl (C=O) groups excluding carboxylic acids is 1. The monoisotopic (exact) mass is 244 g/mol. The maximum absolute atomic E-state index is 11.4. The molecule has 102 valence electrons. The molecule has 0 heterocycles. The molecular formula is C13H28N2O2. The van der Waals surface area contributed by atoms with Crippen LogP contribution in [0.5, 0.6) is 0 Å². The Balaban J connectivity index is 3.84. The molecule has 0 aliphatic rings. The predicted molar refractivity (Wildman–Crippen MR) is 71.1 cm³/mol. The molecule has 0 rings (SSSR count). The Labute approximate surface area is 105 Å². The van der Waals surface area contributed by atoms with Crippen LogP contribution < -0.4 is 10.6 Å². The van der Waals surface area contributed by atoms with Crippen molar-refractivity contribution in [3.8, 4) is 0 Å². The highest BCUT2D eigenvalue weighted by molar-refractivity contribution is 5.67.